The highest BCUT2D eigenvalue weighted by Crippen LogP contribution is 2.16. The smallest absolute Gasteiger partial charge is 0.253 e. The monoisotopic (exact) mass is 231 g/mol. The molecule has 0 aliphatic carbocycles. The van der Waals surface area contributed by atoms with E-state index in [9.17, 15) is 9.59 Å². The zero-order chi connectivity index (χ0) is 12.3. The molecule has 0 N–H and O–H groups in total. The van der Waals surface area contributed by atoms with Crippen LogP contribution in [0.2, 0.25) is 0 Å². The summed E-state index contributed by atoms with van der Waals surface area (Å²) in [6, 6.07) is 7.62. The SMILES string of the molecule is Cc1ccccc1OCCN1C(=O)C=CC1=O. The number of rotatable bonds is 4. The molecule has 2 rings (SSSR count). The number of hydrogen-bond acceptors (Lipinski definition) is 3. The zero-order valence-corrected chi connectivity index (χ0v) is 9.55. The van der Waals surface area contributed by atoms with Gasteiger partial charge in [-0.2, -0.15) is 0 Å². The van der Waals surface area contributed by atoms with Gasteiger partial charge >= 0.3 is 0 Å². The number of hydrogen-bond donors (Lipinski definition) is 0. The van der Waals surface area contributed by atoms with E-state index in [0.29, 0.717) is 6.61 Å². The van der Waals surface area contributed by atoms with Crippen molar-refractivity contribution in [2.75, 3.05) is 13.2 Å². The van der Waals surface area contributed by atoms with Gasteiger partial charge in [0.1, 0.15) is 12.4 Å². The van der Waals surface area contributed by atoms with Crippen LogP contribution in [0.5, 0.6) is 5.75 Å². The average Bonchev–Trinajstić information content (AvgIpc) is 2.63. The molecular formula is C13H13NO3. The highest BCUT2D eigenvalue weighted by Gasteiger charge is 2.22. The van der Waals surface area contributed by atoms with E-state index in [1.165, 1.54) is 12.2 Å². The van der Waals surface area contributed by atoms with E-state index in [-0.39, 0.29) is 18.4 Å². The fraction of sp³-hybridized carbons (Fsp3) is 0.231. The summed E-state index contributed by atoms with van der Waals surface area (Å²) in [6.45, 7) is 2.53. The lowest BCUT2D eigenvalue weighted by atomic mass is 10.2. The van der Waals surface area contributed by atoms with Crippen LogP contribution < -0.4 is 4.74 Å². The molecule has 88 valence electrons. The number of carbonyl (C=O) groups is 2. The van der Waals surface area contributed by atoms with Gasteiger partial charge in [0.25, 0.3) is 11.8 Å². The fourth-order valence-corrected chi connectivity index (χ4v) is 1.62. The highest BCUT2D eigenvalue weighted by molar-refractivity contribution is 6.12. The Labute approximate surface area is 99.5 Å². The fourth-order valence-electron chi connectivity index (χ4n) is 1.62. The van der Waals surface area contributed by atoms with E-state index in [1.807, 2.05) is 31.2 Å². The Balaban J connectivity index is 1.86. The molecule has 0 spiro atoms. The van der Waals surface area contributed by atoms with Crippen molar-refractivity contribution in [2.24, 2.45) is 0 Å². The Bertz CT molecular complexity index is 461. The van der Waals surface area contributed by atoms with Crippen molar-refractivity contribution < 1.29 is 14.3 Å². The van der Waals surface area contributed by atoms with Crippen LogP contribution in [0.4, 0.5) is 0 Å². The molecule has 1 aliphatic rings. The van der Waals surface area contributed by atoms with Gasteiger partial charge in [-0.1, -0.05) is 18.2 Å². The molecule has 1 aromatic carbocycles. The molecule has 0 aromatic heterocycles. The summed E-state index contributed by atoms with van der Waals surface area (Å²) in [7, 11) is 0. The summed E-state index contributed by atoms with van der Waals surface area (Å²) in [5.41, 5.74) is 1.03. The number of imide groups is 1. The topological polar surface area (TPSA) is 46.6 Å². The average molecular weight is 231 g/mol. The molecule has 17 heavy (non-hydrogen) atoms. The van der Waals surface area contributed by atoms with Crippen LogP contribution in [-0.4, -0.2) is 29.9 Å². The number of aryl methyl sites for hydroxylation is 1. The molecule has 0 atom stereocenters. The van der Waals surface area contributed by atoms with Gasteiger partial charge in [0.05, 0.1) is 6.54 Å². The van der Waals surface area contributed by atoms with E-state index in [1.54, 1.807) is 0 Å². The van der Waals surface area contributed by atoms with Crippen LogP contribution in [0.15, 0.2) is 36.4 Å². The largest absolute Gasteiger partial charge is 0.491 e. The lowest BCUT2D eigenvalue weighted by Gasteiger charge is -2.14. The van der Waals surface area contributed by atoms with Gasteiger partial charge in [0.15, 0.2) is 0 Å². The lowest BCUT2D eigenvalue weighted by Crippen LogP contribution is -2.33. The van der Waals surface area contributed by atoms with Crippen molar-refractivity contribution in [2.45, 2.75) is 6.92 Å². The van der Waals surface area contributed by atoms with E-state index < -0.39 is 0 Å². The molecular weight excluding hydrogens is 218 g/mol. The molecule has 0 unspecified atom stereocenters. The van der Waals surface area contributed by atoms with Crippen molar-refractivity contribution >= 4 is 11.8 Å². The van der Waals surface area contributed by atoms with Crippen LogP contribution in [0.25, 0.3) is 0 Å². The maximum absolute atomic E-state index is 11.3. The molecule has 0 radical (unpaired) electrons. The van der Waals surface area contributed by atoms with Gasteiger partial charge in [-0.15, -0.1) is 0 Å². The Morgan fingerprint density at radius 1 is 1.12 bits per heavy atom. The molecule has 4 nitrogen and oxygen atoms in total. The first-order valence-corrected chi connectivity index (χ1v) is 5.40. The first-order valence-electron chi connectivity index (χ1n) is 5.40. The number of benzene rings is 1. The summed E-state index contributed by atoms with van der Waals surface area (Å²) in [5, 5.41) is 0. The minimum atomic E-state index is -0.275. The Morgan fingerprint density at radius 3 is 2.41 bits per heavy atom. The number of para-hydroxylation sites is 1. The van der Waals surface area contributed by atoms with Gasteiger partial charge in [0.2, 0.25) is 0 Å². The molecule has 0 fully saturated rings. The first kappa shape index (κ1) is 11.4. The second-order valence-corrected chi connectivity index (χ2v) is 3.78. The summed E-state index contributed by atoms with van der Waals surface area (Å²) in [4.78, 5) is 23.7. The zero-order valence-electron chi connectivity index (χ0n) is 9.55. The van der Waals surface area contributed by atoms with Gasteiger partial charge < -0.3 is 4.74 Å². The summed E-state index contributed by atoms with van der Waals surface area (Å²) in [5.74, 6) is 0.228. The second-order valence-electron chi connectivity index (χ2n) is 3.78. The van der Waals surface area contributed by atoms with E-state index in [2.05, 4.69) is 0 Å². The Kier molecular flexibility index (Phi) is 3.23. The number of amides is 2. The van der Waals surface area contributed by atoms with Gasteiger partial charge in [-0.3, -0.25) is 14.5 Å². The molecule has 1 aliphatic heterocycles. The predicted molar refractivity (Wildman–Crippen MR) is 62.5 cm³/mol. The number of nitrogens with zero attached hydrogens (tertiary/aromatic N) is 1. The lowest BCUT2D eigenvalue weighted by molar-refractivity contribution is -0.137. The highest BCUT2D eigenvalue weighted by atomic mass is 16.5. The molecule has 0 bridgehead atoms. The molecule has 2 amide bonds. The van der Waals surface area contributed by atoms with E-state index in [0.717, 1.165) is 16.2 Å². The van der Waals surface area contributed by atoms with Gasteiger partial charge in [0, 0.05) is 12.2 Å². The third-order valence-corrected chi connectivity index (χ3v) is 2.57. The van der Waals surface area contributed by atoms with Crippen molar-refractivity contribution in [3.8, 4) is 5.75 Å². The van der Waals surface area contributed by atoms with Crippen LogP contribution in [0, 0.1) is 6.92 Å². The van der Waals surface area contributed by atoms with Crippen molar-refractivity contribution in [1.82, 2.24) is 4.90 Å². The summed E-state index contributed by atoms with van der Waals surface area (Å²) < 4.78 is 5.52. The number of carbonyl (C=O) groups excluding carboxylic acids is 2. The van der Waals surface area contributed by atoms with Crippen LogP contribution in [0.1, 0.15) is 5.56 Å². The molecule has 0 saturated heterocycles. The van der Waals surface area contributed by atoms with Crippen LogP contribution in [0.3, 0.4) is 0 Å². The number of ether oxygens (including phenoxy) is 1. The van der Waals surface area contributed by atoms with Crippen molar-refractivity contribution in [3.63, 3.8) is 0 Å². The first-order chi connectivity index (χ1) is 8.18. The summed E-state index contributed by atoms with van der Waals surface area (Å²) in [6.07, 6.45) is 2.55. The minimum absolute atomic E-state index is 0.275. The van der Waals surface area contributed by atoms with Crippen molar-refractivity contribution in [3.05, 3.63) is 42.0 Å². The Morgan fingerprint density at radius 2 is 1.76 bits per heavy atom. The summed E-state index contributed by atoms with van der Waals surface area (Å²) >= 11 is 0. The maximum Gasteiger partial charge on any atom is 0.253 e. The third kappa shape index (κ3) is 2.53. The Hall–Kier alpha value is -2.10. The molecule has 4 heteroatoms. The van der Waals surface area contributed by atoms with Gasteiger partial charge in [-0.25, -0.2) is 0 Å². The normalized spacial score (nSPS) is 14.5. The van der Waals surface area contributed by atoms with Crippen molar-refractivity contribution in [1.29, 1.82) is 0 Å². The van der Waals surface area contributed by atoms with E-state index >= 15 is 0 Å². The standard InChI is InChI=1S/C13H13NO3/c1-10-4-2-3-5-11(10)17-9-8-14-12(15)6-7-13(14)16/h2-7H,8-9H2,1H3. The molecule has 1 aromatic rings. The second kappa shape index (κ2) is 4.82. The van der Waals surface area contributed by atoms with Crippen LogP contribution in [-0.2, 0) is 9.59 Å². The molecule has 1 heterocycles. The van der Waals surface area contributed by atoms with Gasteiger partial charge in [-0.05, 0) is 18.6 Å². The van der Waals surface area contributed by atoms with E-state index in [4.69, 9.17) is 4.74 Å². The third-order valence-electron chi connectivity index (χ3n) is 2.57. The molecule has 0 saturated carbocycles. The van der Waals surface area contributed by atoms with Crippen LogP contribution >= 0.6 is 0 Å². The minimum Gasteiger partial charge on any atom is -0.491 e. The quantitative estimate of drug-likeness (QED) is 0.734. The maximum atomic E-state index is 11.3. The predicted octanol–water partition coefficient (Wildman–Crippen LogP) is 1.30.